The highest BCUT2D eigenvalue weighted by molar-refractivity contribution is 6.44. The molecule has 3 N–H and O–H groups in total. The van der Waals surface area contributed by atoms with Crippen LogP contribution in [0.5, 0.6) is 11.5 Å². The van der Waals surface area contributed by atoms with Gasteiger partial charge in [-0.3, -0.25) is 5.41 Å². The van der Waals surface area contributed by atoms with E-state index in [0.717, 1.165) is 16.3 Å². The minimum Gasteiger partial charge on any atom is -0.460 e. The standard InChI is InChI=1S/C28H23Cl2N3O4/c1-2-35-11-12-36-28(34)16-7-9-18(10-8-16)37-25-22-17(14-20(29)24(25)30)13-19-23(27(32)33-26(19)31)21(22)15-5-3-4-6-15/h3-10,13-15H,2,11-12H2,1H3,(H3,31,32,33). The van der Waals surface area contributed by atoms with Gasteiger partial charge in [-0.1, -0.05) is 47.5 Å². The first-order valence-electron chi connectivity index (χ1n) is 11.7. The zero-order valence-corrected chi connectivity index (χ0v) is 21.4. The van der Waals surface area contributed by atoms with E-state index in [2.05, 4.69) is 4.99 Å². The number of hydrogen-bond donors (Lipinski definition) is 2. The predicted molar refractivity (Wildman–Crippen MR) is 146 cm³/mol. The molecule has 9 heteroatoms. The van der Waals surface area contributed by atoms with E-state index in [1.807, 2.05) is 37.3 Å². The summed E-state index contributed by atoms with van der Waals surface area (Å²) in [5.41, 5.74) is 8.81. The summed E-state index contributed by atoms with van der Waals surface area (Å²) in [6, 6.07) is 10.1. The van der Waals surface area contributed by atoms with Gasteiger partial charge in [0, 0.05) is 29.0 Å². The Bertz CT molecular complexity index is 1500. The second kappa shape index (κ2) is 10.4. The Balaban J connectivity index is 1.57. The van der Waals surface area contributed by atoms with E-state index in [-0.39, 0.29) is 29.2 Å². The van der Waals surface area contributed by atoms with Crippen LogP contribution in [0.15, 0.2) is 65.7 Å². The van der Waals surface area contributed by atoms with Gasteiger partial charge in [-0.25, -0.2) is 9.79 Å². The smallest absolute Gasteiger partial charge is 0.338 e. The minimum atomic E-state index is -0.452. The average molecular weight is 536 g/mol. The Labute approximate surface area is 223 Å². The molecule has 7 nitrogen and oxygen atoms in total. The van der Waals surface area contributed by atoms with E-state index >= 15 is 0 Å². The fourth-order valence-corrected chi connectivity index (χ4v) is 4.85. The SMILES string of the molecule is CCOCCOC(=O)c1ccc(Oc2c(Cl)c(Cl)cc3cc4c(c(C5C=CC=C5)c23)C(N)=NC4=N)cc1. The number of nitrogens with two attached hydrogens (primary N) is 1. The lowest BCUT2D eigenvalue weighted by molar-refractivity contribution is 0.0335. The van der Waals surface area contributed by atoms with Gasteiger partial charge in [-0.2, -0.15) is 0 Å². The van der Waals surface area contributed by atoms with Crippen molar-refractivity contribution in [3.8, 4) is 11.5 Å². The van der Waals surface area contributed by atoms with Gasteiger partial charge in [-0.15, -0.1) is 0 Å². The molecule has 37 heavy (non-hydrogen) atoms. The largest absolute Gasteiger partial charge is 0.460 e. The molecular weight excluding hydrogens is 513 g/mol. The average Bonchev–Trinajstić information content (AvgIpc) is 3.52. The number of nitrogens with one attached hydrogen (secondary N) is 1. The quantitative estimate of drug-likeness (QED) is 0.257. The Hall–Kier alpha value is -3.65. The number of allylic oxidation sites excluding steroid dienone is 4. The highest BCUT2D eigenvalue weighted by Gasteiger charge is 2.30. The number of aliphatic imine (C=N–C) groups is 1. The zero-order valence-electron chi connectivity index (χ0n) is 19.9. The van der Waals surface area contributed by atoms with Crippen LogP contribution in [-0.2, 0) is 9.47 Å². The minimum absolute atomic E-state index is 0.0962. The third-order valence-corrected chi connectivity index (χ3v) is 6.88. The van der Waals surface area contributed by atoms with Crippen molar-refractivity contribution in [3.63, 3.8) is 0 Å². The van der Waals surface area contributed by atoms with Crippen LogP contribution in [0.2, 0.25) is 10.0 Å². The maximum Gasteiger partial charge on any atom is 0.338 e. The molecule has 0 saturated carbocycles. The molecule has 1 aliphatic carbocycles. The predicted octanol–water partition coefficient (Wildman–Crippen LogP) is 6.39. The molecule has 1 heterocycles. The summed E-state index contributed by atoms with van der Waals surface area (Å²) in [6.07, 6.45) is 7.96. The Morgan fingerprint density at radius 3 is 2.54 bits per heavy atom. The molecule has 0 unspecified atom stereocenters. The fraction of sp³-hybridized carbons (Fsp3) is 0.179. The summed E-state index contributed by atoms with van der Waals surface area (Å²) in [6.45, 7) is 2.96. The van der Waals surface area contributed by atoms with Crippen molar-refractivity contribution >= 4 is 51.6 Å². The highest BCUT2D eigenvalue weighted by atomic mass is 35.5. The summed E-state index contributed by atoms with van der Waals surface area (Å²) in [5.74, 6) is 0.607. The van der Waals surface area contributed by atoms with Gasteiger partial charge >= 0.3 is 5.97 Å². The molecule has 0 amide bonds. The van der Waals surface area contributed by atoms with E-state index in [9.17, 15) is 4.79 Å². The summed E-state index contributed by atoms with van der Waals surface area (Å²) in [7, 11) is 0. The number of fused-ring (bicyclic) bond motifs is 2. The van der Waals surface area contributed by atoms with Crippen LogP contribution in [0.4, 0.5) is 0 Å². The van der Waals surface area contributed by atoms with Gasteiger partial charge in [0.05, 0.1) is 17.2 Å². The first-order chi connectivity index (χ1) is 17.9. The molecule has 0 bridgehead atoms. The summed E-state index contributed by atoms with van der Waals surface area (Å²) in [4.78, 5) is 16.5. The van der Waals surface area contributed by atoms with Crippen molar-refractivity contribution in [2.24, 2.45) is 10.7 Å². The number of halogens is 2. The molecule has 0 radical (unpaired) electrons. The lowest BCUT2D eigenvalue weighted by Crippen LogP contribution is -2.15. The van der Waals surface area contributed by atoms with Crippen molar-refractivity contribution in [3.05, 3.63) is 93.0 Å². The van der Waals surface area contributed by atoms with Gasteiger partial charge in [-0.05, 0) is 54.3 Å². The summed E-state index contributed by atoms with van der Waals surface area (Å²) in [5, 5.41) is 10.3. The zero-order chi connectivity index (χ0) is 26.1. The van der Waals surface area contributed by atoms with Crippen LogP contribution in [0, 0.1) is 5.41 Å². The summed E-state index contributed by atoms with van der Waals surface area (Å²) < 4.78 is 16.7. The molecule has 0 fully saturated rings. The third kappa shape index (κ3) is 4.73. The van der Waals surface area contributed by atoms with Gasteiger partial charge in [0.2, 0.25) is 0 Å². The van der Waals surface area contributed by atoms with Crippen LogP contribution in [0.3, 0.4) is 0 Å². The monoisotopic (exact) mass is 535 g/mol. The van der Waals surface area contributed by atoms with Crippen molar-refractivity contribution < 1.29 is 19.0 Å². The number of rotatable bonds is 8. The van der Waals surface area contributed by atoms with Crippen molar-refractivity contribution in [1.82, 2.24) is 0 Å². The number of nitrogens with zero attached hydrogens (tertiary/aromatic N) is 1. The van der Waals surface area contributed by atoms with Gasteiger partial charge in [0.15, 0.2) is 11.6 Å². The molecule has 0 aromatic heterocycles. The Morgan fingerprint density at radius 1 is 1.11 bits per heavy atom. The van der Waals surface area contributed by atoms with Crippen LogP contribution in [-0.4, -0.2) is 37.5 Å². The normalized spacial score (nSPS) is 14.4. The number of carbonyl (C=O) groups is 1. The molecular formula is C28H23Cl2N3O4. The number of carbonyl (C=O) groups excluding carboxylic acids is 1. The first kappa shape index (κ1) is 25.0. The van der Waals surface area contributed by atoms with Crippen LogP contribution < -0.4 is 10.5 Å². The molecule has 3 aromatic rings. The first-order valence-corrected chi connectivity index (χ1v) is 12.4. The van der Waals surface area contributed by atoms with Gasteiger partial charge in [0.1, 0.15) is 23.2 Å². The topological polar surface area (TPSA) is 107 Å². The number of amidine groups is 2. The van der Waals surface area contributed by atoms with E-state index in [0.29, 0.717) is 46.4 Å². The highest BCUT2D eigenvalue weighted by Crippen LogP contribution is 2.47. The Morgan fingerprint density at radius 2 is 1.84 bits per heavy atom. The van der Waals surface area contributed by atoms with Crippen LogP contribution in [0.1, 0.15) is 39.9 Å². The summed E-state index contributed by atoms with van der Waals surface area (Å²) >= 11 is 13.2. The molecule has 0 spiro atoms. The van der Waals surface area contributed by atoms with Crippen LogP contribution >= 0.6 is 23.2 Å². The molecule has 188 valence electrons. The number of ether oxygens (including phenoxy) is 3. The van der Waals surface area contributed by atoms with E-state index in [4.69, 9.17) is 48.6 Å². The van der Waals surface area contributed by atoms with E-state index < -0.39 is 5.97 Å². The van der Waals surface area contributed by atoms with E-state index in [1.165, 1.54) is 0 Å². The molecule has 1 aliphatic heterocycles. The number of esters is 1. The molecule has 0 atom stereocenters. The molecule has 2 aliphatic rings. The second-order valence-electron chi connectivity index (χ2n) is 8.41. The maximum atomic E-state index is 12.3. The molecule has 0 saturated heterocycles. The third-order valence-electron chi connectivity index (χ3n) is 6.11. The van der Waals surface area contributed by atoms with Gasteiger partial charge < -0.3 is 19.9 Å². The Kier molecular flexibility index (Phi) is 7.02. The fourth-order valence-electron chi connectivity index (χ4n) is 4.46. The van der Waals surface area contributed by atoms with E-state index in [1.54, 1.807) is 30.3 Å². The number of benzene rings is 3. The van der Waals surface area contributed by atoms with Crippen molar-refractivity contribution in [2.75, 3.05) is 19.8 Å². The molecule has 3 aromatic carbocycles. The lowest BCUT2D eigenvalue weighted by atomic mass is 9.86. The van der Waals surface area contributed by atoms with Gasteiger partial charge in [0.25, 0.3) is 0 Å². The second-order valence-corrected chi connectivity index (χ2v) is 9.20. The maximum absolute atomic E-state index is 12.3. The number of hydrogen-bond acceptors (Lipinski definition) is 6. The van der Waals surface area contributed by atoms with Crippen molar-refractivity contribution in [2.45, 2.75) is 12.8 Å². The van der Waals surface area contributed by atoms with Crippen LogP contribution in [0.25, 0.3) is 10.8 Å². The van der Waals surface area contributed by atoms with Crippen molar-refractivity contribution in [1.29, 1.82) is 5.41 Å². The molecule has 5 rings (SSSR count). The lowest BCUT2D eigenvalue weighted by Gasteiger charge is -2.21.